The zero-order valence-electron chi connectivity index (χ0n) is 15.4. The van der Waals surface area contributed by atoms with Gasteiger partial charge in [0.2, 0.25) is 0 Å². The number of hydrogen-bond acceptors (Lipinski definition) is 5. The first-order valence-corrected chi connectivity index (χ1v) is 9.51. The van der Waals surface area contributed by atoms with E-state index in [1.165, 1.54) is 0 Å². The van der Waals surface area contributed by atoms with Crippen LogP contribution in [0.4, 0.5) is 0 Å². The van der Waals surface area contributed by atoms with Gasteiger partial charge in [0.15, 0.2) is 0 Å². The first-order valence-electron chi connectivity index (χ1n) is 9.13. The van der Waals surface area contributed by atoms with Crippen molar-refractivity contribution in [2.24, 2.45) is 0 Å². The summed E-state index contributed by atoms with van der Waals surface area (Å²) in [7, 11) is 0. The van der Waals surface area contributed by atoms with Gasteiger partial charge in [0.1, 0.15) is 18.5 Å². The quantitative estimate of drug-likeness (QED) is 0.807. The Labute approximate surface area is 169 Å². The van der Waals surface area contributed by atoms with Crippen molar-refractivity contribution in [3.05, 3.63) is 64.7 Å². The predicted molar refractivity (Wildman–Crippen MR) is 106 cm³/mol. The fourth-order valence-electron chi connectivity index (χ4n) is 3.08. The summed E-state index contributed by atoms with van der Waals surface area (Å²) in [6.07, 6.45) is -0.630. The summed E-state index contributed by atoms with van der Waals surface area (Å²) in [5.41, 5.74) is 1.20. The van der Waals surface area contributed by atoms with Crippen LogP contribution >= 0.6 is 11.6 Å². The monoisotopic (exact) mass is 399 g/mol. The largest absolute Gasteiger partial charge is 0.491 e. The molecule has 6 nitrogen and oxygen atoms in total. The zero-order valence-corrected chi connectivity index (χ0v) is 16.2. The van der Waals surface area contributed by atoms with E-state index in [0.717, 1.165) is 0 Å². The van der Waals surface area contributed by atoms with E-state index in [4.69, 9.17) is 21.6 Å². The topological polar surface area (TPSA) is 76.8 Å². The third kappa shape index (κ3) is 5.46. The summed E-state index contributed by atoms with van der Waals surface area (Å²) in [4.78, 5) is 16.5. The average Bonchev–Trinajstić information content (AvgIpc) is 2.73. The molecule has 2 aromatic rings. The Hall–Kier alpha value is -2.59. The number of carbonyl (C=O) groups is 1. The average molecular weight is 400 g/mol. The van der Waals surface area contributed by atoms with Gasteiger partial charge in [-0.1, -0.05) is 11.6 Å². The fourth-order valence-corrected chi connectivity index (χ4v) is 3.20. The second-order valence-corrected chi connectivity index (χ2v) is 7.14. The highest BCUT2D eigenvalue weighted by atomic mass is 35.5. The highest BCUT2D eigenvalue weighted by Crippen LogP contribution is 2.14. The molecule has 1 aliphatic heterocycles. The zero-order chi connectivity index (χ0) is 19.9. The highest BCUT2D eigenvalue weighted by Gasteiger charge is 2.23. The minimum absolute atomic E-state index is 0.000939. The molecule has 1 saturated heterocycles. The SMILES string of the molecule is N#Cc1ccc(OCC(O)CN2CCN(C(=O)c3ccc(Cl)cc3)CC2)cc1. The van der Waals surface area contributed by atoms with Crippen molar-refractivity contribution >= 4 is 17.5 Å². The van der Waals surface area contributed by atoms with E-state index in [1.54, 1.807) is 48.5 Å². The van der Waals surface area contributed by atoms with Gasteiger partial charge < -0.3 is 14.7 Å². The van der Waals surface area contributed by atoms with E-state index in [1.807, 2.05) is 4.90 Å². The molecule has 3 rings (SSSR count). The number of rotatable bonds is 6. The summed E-state index contributed by atoms with van der Waals surface area (Å²) in [6.45, 7) is 3.30. The van der Waals surface area contributed by atoms with Crippen LogP contribution in [-0.4, -0.2) is 66.2 Å². The number of aliphatic hydroxyl groups is 1. The predicted octanol–water partition coefficient (Wildman–Crippen LogP) is 2.41. The number of nitriles is 1. The van der Waals surface area contributed by atoms with Crippen LogP contribution < -0.4 is 4.74 Å². The van der Waals surface area contributed by atoms with Gasteiger partial charge in [-0.15, -0.1) is 0 Å². The summed E-state index contributed by atoms with van der Waals surface area (Å²) < 4.78 is 5.57. The number of nitrogens with zero attached hydrogens (tertiary/aromatic N) is 3. The molecule has 7 heteroatoms. The van der Waals surface area contributed by atoms with Gasteiger partial charge in [0.25, 0.3) is 5.91 Å². The lowest BCUT2D eigenvalue weighted by molar-refractivity contribution is 0.0403. The van der Waals surface area contributed by atoms with Gasteiger partial charge in [-0.3, -0.25) is 9.69 Å². The van der Waals surface area contributed by atoms with Crippen LogP contribution in [0.3, 0.4) is 0 Å². The third-order valence-corrected chi connectivity index (χ3v) is 4.90. The Kier molecular flexibility index (Phi) is 6.88. The van der Waals surface area contributed by atoms with Crippen LogP contribution in [0.5, 0.6) is 5.75 Å². The second-order valence-electron chi connectivity index (χ2n) is 6.70. The summed E-state index contributed by atoms with van der Waals surface area (Å²) in [6, 6.07) is 15.7. The fraction of sp³-hybridized carbons (Fsp3) is 0.333. The van der Waals surface area contributed by atoms with E-state index in [-0.39, 0.29) is 12.5 Å². The van der Waals surface area contributed by atoms with E-state index in [9.17, 15) is 9.90 Å². The Morgan fingerprint density at radius 2 is 1.75 bits per heavy atom. The van der Waals surface area contributed by atoms with Crippen LogP contribution in [0.15, 0.2) is 48.5 Å². The number of carbonyl (C=O) groups excluding carboxylic acids is 1. The van der Waals surface area contributed by atoms with Crippen LogP contribution in [0.1, 0.15) is 15.9 Å². The number of ether oxygens (including phenoxy) is 1. The molecular formula is C21H22ClN3O3. The summed E-state index contributed by atoms with van der Waals surface area (Å²) in [5, 5.41) is 19.6. The van der Waals surface area contributed by atoms with Gasteiger partial charge in [0.05, 0.1) is 11.6 Å². The molecule has 1 amide bonds. The Morgan fingerprint density at radius 1 is 1.11 bits per heavy atom. The van der Waals surface area contributed by atoms with Crippen LogP contribution in [-0.2, 0) is 0 Å². The van der Waals surface area contributed by atoms with E-state index >= 15 is 0 Å². The lowest BCUT2D eigenvalue weighted by Gasteiger charge is -2.35. The highest BCUT2D eigenvalue weighted by molar-refractivity contribution is 6.30. The molecule has 0 saturated carbocycles. The van der Waals surface area contributed by atoms with Gasteiger partial charge in [-0.25, -0.2) is 0 Å². The number of piperazine rings is 1. The summed E-state index contributed by atoms with van der Waals surface area (Å²) in [5.74, 6) is 0.623. The molecule has 1 atom stereocenters. The van der Waals surface area contributed by atoms with Gasteiger partial charge in [-0.05, 0) is 48.5 Å². The minimum atomic E-state index is -0.630. The van der Waals surface area contributed by atoms with Crippen molar-refractivity contribution in [1.82, 2.24) is 9.80 Å². The first-order chi connectivity index (χ1) is 13.5. The Morgan fingerprint density at radius 3 is 2.36 bits per heavy atom. The molecule has 0 radical (unpaired) electrons. The van der Waals surface area contributed by atoms with E-state index in [0.29, 0.717) is 54.6 Å². The van der Waals surface area contributed by atoms with Gasteiger partial charge in [0, 0.05) is 43.3 Å². The molecule has 0 aromatic heterocycles. The molecule has 28 heavy (non-hydrogen) atoms. The lowest BCUT2D eigenvalue weighted by Crippen LogP contribution is -2.50. The molecule has 1 aliphatic rings. The molecular weight excluding hydrogens is 378 g/mol. The maximum Gasteiger partial charge on any atom is 0.253 e. The Bertz CT molecular complexity index is 825. The van der Waals surface area contributed by atoms with Crippen molar-refractivity contribution in [3.63, 3.8) is 0 Å². The molecule has 146 valence electrons. The van der Waals surface area contributed by atoms with Crippen molar-refractivity contribution < 1.29 is 14.6 Å². The van der Waals surface area contributed by atoms with Crippen LogP contribution in [0.2, 0.25) is 5.02 Å². The third-order valence-electron chi connectivity index (χ3n) is 4.65. The van der Waals surface area contributed by atoms with Crippen molar-refractivity contribution in [1.29, 1.82) is 5.26 Å². The minimum Gasteiger partial charge on any atom is -0.491 e. The normalized spacial score (nSPS) is 15.7. The summed E-state index contributed by atoms with van der Waals surface area (Å²) >= 11 is 5.87. The number of aliphatic hydroxyl groups excluding tert-OH is 1. The molecule has 0 aliphatic carbocycles. The van der Waals surface area contributed by atoms with Crippen molar-refractivity contribution in [2.45, 2.75) is 6.10 Å². The molecule has 1 unspecified atom stereocenters. The molecule has 2 aromatic carbocycles. The van der Waals surface area contributed by atoms with Crippen LogP contribution in [0, 0.1) is 11.3 Å². The van der Waals surface area contributed by atoms with E-state index in [2.05, 4.69) is 11.0 Å². The standard InChI is InChI=1S/C21H22ClN3O3/c22-18-5-3-17(4-6-18)21(27)25-11-9-24(10-12-25)14-19(26)15-28-20-7-1-16(13-23)2-8-20/h1-8,19,26H,9-12,14-15H2. The second kappa shape index (κ2) is 9.56. The smallest absolute Gasteiger partial charge is 0.253 e. The molecule has 1 fully saturated rings. The van der Waals surface area contributed by atoms with E-state index < -0.39 is 6.10 Å². The molecule has 0 bridgehead atoms. The Balaban J connectivity index is 1.41. The van der Waals surface area contributed by atoms with Gasteiger partial charge >= 0.3 is 0 Å². The maximum atomic E-state index is 12.5. The first kappa shape index (κ1) is 20.2. The molecule has 0 spiro atoms. The number of benzene rings is 2. The molecule has 1 N–H and O–H groups in total. The number of hydrogen-bond donors (Lipinski definition) is 1. The maximum absolute atomic E-state index is 12.5. The van der Waals surface area contributed by atoms with Crippen molar-refractivity contribution in [3.8, 4) is 11.8 Å². The molecule has 1 heterocycles. The van der Waals surface area contributed by atoms with Crippen LogP contribution in [0.25, 0.3) is 0 Å². The lowest BCUT2D eigenvalue weighted by atomic mass is 10.2. The van der Waals surface area contributed by atoms with Crippen molar-refractivity contribution in [2.75, 3.05) is 39.3 Å². The number of amides is 1. The number of β-amino-alcohol motifs (C(OH)–C–C–N with tert-alkyl or cyclic N) is 1. The number of halogens is 1. The van der Waals surface area contributed by atoms with Gasteiger partial charge in [-0.2, -0.15) is 5.26 Å².